The van der Waals surface area contributed by atoms with E-state index in [-0.39, 0.29) is 0 Å². The van der Waals surface area contributed by atoms with Gasteiger partial charge in [0, 0.05) is 18.4 Å². The summed E-state index contributed by atoms with van der Waals surface area (Å²) in [6.45, 7) is 0. The minimum absolute atomic E-state index is 0.357. The quantitative estimate of drug-likeness (QED) is 0.704. The molecule has 0 spiro atoms. The molecule has 2 rings (SSSR count). The fourth-order valence-corrected chi connectivity index (χ4v) is 2.13. The van der Waals surface area contributed by atoms with E-state index >= 15 is 0 Å². The van der Waals surface area contributed by atoms with Gasteiger partial charge in [0.15, 0.2) is 11.7 Å². The van der Waals surface area contributed by atoms with E-state index in [1.54, 1.807) is 0 Å². The highest BCUT2D eigenvalue weighted by Crippen LogP contribution is 2.48. The molecule has 8 heteroatoms. The zero-order valence-electron chi connectivity index (χ0n) is 10.9. The minimum atomic E-state index is -5.25. The Kier molecular flexibility index (Phi) is 4.21. The zero-order chi connectivity index (χ0) is 16.7. The van der Waals surface area contributed by atoms with Crippen LogP contribution in [0, 0.1) is 18.1 Å². The molecule has 1 aromatic carbocycles. The van der Waals surface area contributed by atoms with Gasteiger partial charge in [-0.15, -0.1) is 0 Å². The van der Waals surface area contributed by atoms with Gasteiger partial charge in [-0.2, -0.15) is 17.6 Å². The molecule has 1 aliphatic carbocycles. The van der Waals surface area contributed by atoms with E-state index < -0.39 is 52.3 Å². The molecule has 0 N–H and O–H groups in total. The molecule has 0 aromatic heterocycles. The highest BCUT2D eigenvalue weighted by molar-refractivity contribution is 5.49. The SMILES string of the molecule is COC1=C(F)C(F)=C(C(F)(F)F)C(c2ccc(F)cc2F)[CH]1. The summed E-state index contributed by atoms with van der Waals surface area (Å²) in [5, 5.41) is 0. The van der Waals surface area contributed by atoms with Gasteiger partial charge in [0.25, 0.3) is 0 Å². The van der Waals surface area contributed by atoms with Crippen LogP contribution < -0.4 is 0 Å². The summed E-state index contributed by atoms with van der Waals surface area (Å²) in [6, 6.07) is 1.82. The number of hydrogen-bond donors (Lipinski definition) is 0. The Hall–Kier alpha value is -1.99. The third-order valence-electron chi connectivity index (χ3n) is 3.10. The average Bonchev–Trinajstić information content (AvgIpc) is 2.40. The van der Waals surface area contributed by atoms with Gasteiger partial charge in [-0.25, -0.2) is 13.2 Å². The second kappa shape index (κ2) is 5.66. The molecule has 1 radical (unpaired) electrons. The molecule has 1 aliphatic rings. The van der Waals surface area contributed by atoms with Crippen molar-refractivity contribution in [2.75, 3.05) is 7.11 Å². The highest BCUT2D eigenvalue weighted by Gasteiger charge is 2.47. The topological polar surface area (TPSA) is 9.23 Å². The highest BCUT2D eigenvalue weighted by atomic mass is 19.4. The summed E-state index contributed by atoms with van der Waals surface area (Å²) in [6.07, 6.45) is -4.65. The molecule has 0 heterocycles. The molecule has 0 amide bonds. The Labute approximate surface area is 120 Å². The van der Waals surface area contributed by atoms with Crippen molar-refractivity contribution in [1.82, 2.24) is 0 Å². The Morgan fingerprint density at radius 3 is 2.14 bits per heavy atom. The first-order chi connectivity index (χ1) is 10.2. The van der Waals surface area contributed by atoms with Gasteiger partial charge in [0.1, 0.15) is 17.4 Å². The maximum absolute atomic E-state index is 13.8. The van der Waals surface area contributed by atoms with Crippen LogP contribution >= 0.6 is 0 Å². The smallest absolute Gasteiger partial charge is 0.416 e. The molecule has 0 saturated heterocycles. The van der Waals surface area contributed by atoms with Crippen LogP contribution in [0.15, 0.2) is 41.2 Å². The normalized spacial score (nSPS) is 19.7. The lowest BCUT2D eigenvalue weighted by Gasteiger charge is -2.27. The number of ether oxygens (including phenoxy) is 1. The van der Waals surface area contributed by atoms with Crippen LogP contribution in [0.25, 0.3) is 0 Å². The van der Waals surface area contributed by atoms with E-state index in [4.69, 9.17) is 0 Å². The van der Waals surface area contributed by atoms with E-state index in [0.717, 1.165) is 19.2 Å². The largest absolute Gasteiger partial charge is 0.498 e. The Morgan fingerprint density at radius 2 is 1.64 bits per heavy atom. The molecule has 0 saturated carbocycles. The first kappa shape index (κ1) is 16.4. The molecule has 0 fully saturated rings. The van der Waals surface area contributed by atoms with Gasteiger partial charge in [-0.1, -0.05) is 6.07 Å². The van der Waals surface area contributed by atoms with Gasteiger partial charge >= 0.3 is 6.18 Å². The van der Waals surface area contributed by atoms with Gasteiger partial charge in [-0.05, 0) is 11.6 Å². The zero-order valence-corrected chi connectivity index (χ0v) is 10.9. The second-order valence-corrected chi connectivity index (χ2v) is 4.42. The van der Waals surface area contributed by atoms with Crippen molar-refractivity contribution in [3.8, 4) is 0 Å². The van der Waals surface area contributed by atoms with E-state index in [9.17, 15) is 30.7 Å². The predicted octanol–water partition coefficient (Wildman–Crippen LogP) is 4.88. The fraction of sp³-hybridized carbons (Fsp3) is 0.214. The Morgan fingerprint density at radius 1 is 1.00 bits per heavy atom. The van der Waals surface area contributed by atoms with Gasteiger partial charge in [0.2, 0.25) is 0 Å². The van der Waals surface area contributed by atoms with Crippen LogP contribution in [0.2, 0.25) is 0 Å². The second-order valence-electron chi connectivity index (χ2n) is 4.42. The number of alkyl halides is 3. The molecular weight excluding hydrogens is 317 g/mol. The van der Waals surface area contributed by atoms with Crippen LogP contribution in [-0.2, 0) is 4.74 Å². The number of allylic oxidation sites excluding steroid dienone is 4. The van der Waals surface area contributed by atoms with Gasteiger partial charge in [-0.3, -0.25) is 0 Å². The van der Waals surface area contributed by atoms with Crippen molar-refractivity contribution < 1.29 is 35.5 Å². The molecule has 1 unspecified atom stereocenters. The first-order valence-electron chi connectivity index (χ1n) is 5.87. The van der Waals surface area contributed by atoms with Crippen molar-refractivity contribution in [3.05, 3.63) is 64.8 Å². The van der Waals surface area contributed by atoms with Crippen LogP contribution in [0.3, 0.4) is 0 Å². The summed E-state index contributed by atoms with van der Waals surface area (Å²) in [7, 11) is 0.926. The lowest BCUT2D eigenvalue weighted by atomic mass is 9.83. The van der Waals surface area contributed by atoms with E-state index in [0.29, 0.717) is 12.5 Å². The van der Waals surface area contributed by atoms with Crippen molar-refractivity contribution in [2.45, 2.75) is 12.1 Å². The summed E-state index contributed by atoms with van der Waals surface area (Å²) in [5.41, 5.74) is -2.55. The Bertz CT molecular complexity index is 658. The molecular formula is C14H8F7O. The summed E-state index contributed by atoms with van der Waals surface area (Å²) < 4.78 is 97.3. The lowest BCUT2D eigenvalue weighted by Crippen LogP contribution is -2.25. The first-order valence-corrected chi connectivity index (χ1v) is 5.87. The summed E-state index contributed by atoms with van der Waals surface area (Å²) in [5.74, 6) is -9.11. The minimum Gasteiger partial charge on any atom is -0.498 e. The average molecular weight is 325 g/mol. The number of benzene rings is 1. The molecule has 119 valence electrons. The van der Waals surface area contributed by atoms with E-state index in [2.05, 4.69) is 4.74 Å². The predicted molar refractivity (Wildman–Crippen MR) is 62.7 cm³/mol. The van der Waals surface area contributed by atoms with Crippen molar-refractivity contribution in [2.24, 2.45) is 0 Å². The van der Waals surface area contributed by atoms with Gasteiger partial charge < -0.3 is 4.74 Å². The lowest BCUT2D eigenvalue weighted by molar-refractivity contribution is -0.0975. The third-order valence-corrected chi connectivity index (χ3v) is 3.10. The maximum Gasteiger partial charge on any atom is 0.416 e. The Balaban J connectivity index is 2.64. The van der Waals surface area contributed by atoms with Crippen molar-refractivity contribution in [1.29, 1.82) is 0 Å². The van der Waals surface area contributed by atoms with Crippen molar-refractivity contribution >= 4 is 0 Å². The fourth-order valence-electron chi connectivity index (χ4n) is 2.13. The van der Waals surface area contributed by atoms with E-state index in [1.165, 1.54) is 0 Å². The number of methoxy groups -OCH3 is 1. The maximum atomic E-state index is 13.8. The van der Waals surface area contributed by atoms with Gasteiger partial charge in [0.05, 0.1) is 12.7 Å². The molecule has 22 heavy (non-hydrogen) atoms. The van der Waals surface area contributed by atoms with Crippen LogP contribution in [0.1, 0.15) is 11.5 Å². The number of rotatable bonds is 2. The molecule has 1 nitrogen and oxygen atoms in total. The monoisotopic (exact) mass is 325 g/mol. The van der Waals surface area contributed by atoms with Crippen molar-refractivity contribution in [3.63, 3.8) is 0 Å². The molecule has 0 aliphatic heterocycles. The molecule has 0 bridgehead atoms. The summed E-state index contributed by atoms with van der Waals surface area (Å²) in [4.78, 5) is 0. The van der Waals surface area contributed by atoms with Crippen LogP contribution in [-0.4, -0.2) is 13.3 Å². The molecule has 1 aromatic rings. The standard InChI is InChI=1S/C14H8F7O/c1-22-10-5-8(7-3-2-6(15)4-9(7)16)11(14(19,20)21)13(18)12(10)17/h2-5,8H,1H3. The van der Waals surface area contributed by atoms with Crippen LogP contribution in [0.5, 0.6) is 0 Å². The molecule has 1 atom stereocenters. The van der Waals surface area contributed by atoms with Crippen LogP contribution in [0.4, 0.5) is 30.7 Å². The van der Waals surface area contributed by atoms with E-state index in [1.807, 2.05) is 0 Å². The number of halogens is 7. The third kappa shape index (κ3) is 2.82. The number of hydrogen-bond acceptors (Lipinski definition) is 1. The summed E-state index contributed by atoms with van der Waals surface area (Å²) >= 11 is 0.